The number of nitrogens with zero attached hydrogens (tertiary/aromatic N) is 3. The Kier molecular flexibility index (Phi) is 3.54. The molecule has 6 nitrogen and oxygen atoms in total. The molecule has 0 spiro atoms. The molecule has 6 heteroatoms. The highest BCUT2D eigenvalue weighted by atomic mass is 16.5. The summed E-state index contributed by atoms with van der Waals surface area (Å²) in [4.78, 5) is 8.59. The summed E-state index contributed by atoms with van der Waals surface area (Å²) in [6, 6.07) is 0. The van der Waals surface area contributed by atoms with E-state index in [1.807, 2.05) is 0 Å². The summed E-state index contributed by atoms with van der Waals surface area (Å²) in [6.45, 7) is 6.92. The van der Waals surface area contributed by atoms with Gasteiger partial charge in [0.05, 0.1) is 6.20 Å². The molecule has 0 aliphatic heterocycles. The number of hydrogen-bond donors (Lipinski definition) is 2. The first-order valence-electron chi connectivity index (χ1n) is 5.53. The van der Waals surface area contributed by atoms with Crippen LogP contribution >= 0.6 is 0 Å². The van der Waals surface area contributed by atoms with Gasteiger partial charge in [-0.15, -0.1) is 0 Å². The number of ether oxygens (including phenoxy) is 1. The van der Waals surface area contributed by atoms with Crippen LogP contribution in [0, 0.1) is 0 Å². The van der Waals surface area contributed by atoms with Crippen molar-refractivity contribution in [2.45, 2.75) is 13.3 Å². The standard InChI is InChI=1S/C11H15N5O/c1-3-5-12-11-14-9-8(7-13-16-9)10(15-11)17-6-4-2/h4,7H,2-3,5-6H2,1H3,(H2,12,13,14,15,16). The van der Waals surface area contributed by atoms with Gasteiger partial charge < -0.3 is 10.1 Å². The van der Waals surface area contributed by atoms with E-state index < -0.39 is 0 Å². The quantitative estimate of drug-likeness (QED) is 0.743. The van der Waals surface area contributed by atoms with Crippen molar-refractivity contribution in [3.05, 3.63) is 18.9 Å². The fourth-order valence-corrected chi connectivity index (χ4v) is 1.37. The van der Waals surface area contributed by atoms with Gasteiger partial charge in [-0.1, -0.05) is 19.6 Å². The van der Waals surface area contributed by atoms with Crippen LogP contribution in [0.3, 0.4) is 0 Å². The van der Waals surface area contributed by atoms with Crippen LogP contribution in [0.5, 0.6) is 5.88 Å². The number of H-pyrrole nitrogens is 1. The molecular formula is C11H15N5O. The van der Waals surface area contributed by atoms with Gasteiger partial charge >= 0.3 is 0 Å². The summed E-state index contributed by atoms with van der Waals surface area (Å²) < 4.78 is 5.48. The molecule has 0 saturated heterocycles. The molecular weight excluding hydrogens is 218 g/mol. The number of aromatic nitrogens is 4. The number of nitrogens with one attached hydrogen (secondary N) is 2. The Morgan fingerprint density at radius 1 is 1.53 bits per heavy atom. The van der Waals surface area contributed by atoms with E-state index in [9.17, 15) is 0 Å². The third-order valence-electron chi connectivity index (χ3n) is 2.15. The van der Waals surface area contributed by atoms with Crippen LogP contribution in [-0.4, -0.2) is 33.3 Å². The van der Waals surface area contributed by atoms with Crippen LogP contribution in [0.2, 0.25) is 0 Å². The molecule has 2 rings (SSSR count). The van der Waals surface area contributed by atoms with Crippen molar-refractivity contribution in [1.29, 1.82) is 0 Å². The van der Waals surface area contributed by atoms with E-state index in [1.165, 1.54) is 0 Å². The Bertz CT molecular complexity index is 508. The predicted molar refractivity (Wildman–Crippen MR) is 66.2 cm³/mol. The second-order valence-corrected chi connectivity index (χ2v) is 3.51. The lowest BCUT2D eigenvalue weighted by atomic mass is 10.4. The zero-order chi connectivity index (χ0) is 12.1. The van der Waals surface area contributed by atoms with Crippen LogP contribution < -0.4 is 10.1 Å². The van der Waals surface area contributed by atoms with E-state index in [-0.39, 0.29) is 0 Å². The normalized spacial score (nSPS) is 10.4. The van der Waals surface area contributed by atoms with Crippen molar-refractivity contribution in [2.75, 3.05) is 18.5 Å². The fraction of sp³-hybridized carbons (Fsp3) is 0.364. The van der Waals surface area contributed by atoms with E-state index in [1.54, 1.807) is 12.3 Å². The lowest BCUT2D eigenvalue weighted by Gasteiger charge is -2.07. The van der Waals surface area contributed by atoms with E-state index in [0.717, 1.165) is 18.4 Å². The minimum atomic E-state index is 0.407. The van der Waals surface area contributed by atoms with E-state index in [0.29, 0.717) is 24.1 Å². The maximum absolute atomic E-state index is 5.48. The molecule has 0 unspecified atom stereocenters. The van der Waals surface area contributed by atoms with Gasteiger partial charge in [0.25, 0.3) is 0 Å². The average molecular weight is 233 g/mol. The average Bonchev–Trinajstić information content (AvgIpc) is 2.81. The van der Waals surface area contributed by atoms with Crippen LogP contribution in [0.1, 0.15) is 13.3 Å². The van der Waals surface area contributed by atoms with Gasteiger partial charge in [-0.05, 0) is 6.42 Å². The van der Waals surface area contributed by atoms with Gasteiger partial charge in [0.15, 0.2) is 5.65 Å². The molecule has 17 heavy (non-hydrogen) atoms. The van der Waals surface area contributed by atoms with Crippen molar-refractivity contribution >= 4 is 17.0 Å². The van der Waals surface area contributed by atoms with Crippen molar-refractivity contribution in [3.8, 4) is 5.88 Å². The fourth-order valence-electron chi connectivity index (χ4n) is 1.37. The Labute approximate surface area is 99.1 Å². The number of hydrogen-bond acceptors (Lipinski definition) is 5. The van der Waals surface area contributed by atoms with Crippen LogP contribution in [-0.2, 0) is 0 Å². The van der Waals surface area contributed by atoms with E-state index in [2.05, 4.69) is 39.0 Å². The van der Waals surface area contributed by atoms with Gasteiger partial charge in [0.2, 0.25) is 11.8 Å². The Morgan fingerprint density at radius 2 is 2.41 bits per heavy atom. The first-order chi connectivity index (χ1) is 8.35. The minimum Gasteiger partial charge on any atom is -0.473 e. The summed E-state index contributed by atoms with van der Waals surface area (Å²) in [5, 5.41) is 10.6. The SMILES string of the molecule is C=CCOc1nc(NCCC)nc2[nH]ncc12. The molecule has 0 aromatic carbocycles. The molecule has 2 aromatic heterocycles. The highest BCUT2D eigenvalue weighted by Gasteiger charge is 2.09. The van der Waals surface area contributed by atoms with Crippen LogP contribution in [0.25, 0.3) is 11.0 Å². The summed E-state index contributed by atoms with van der Waals surface area (Å²) in [6.07, 6.45) is 4.33. The van der Waals surface area contributed by atoms with E-state index >= 15 is 0 Å². The summed E-state index contributed by atoms with van der Waals surface area (Å²) in [5.41, 5.74) is 0.665. The molecule has 0 fully saturated rings. The smallest absolute Gasteiger partial charge is 0.229 e. The Morgan fingerprint density at radius 3 is 3.18 bits per heavy atom. The lowest BCUT2D eigenvalue weighted by Crippen LogP contribution is -2.06. The number of aromatic amines is 1. The van der Waals surface area contributed by atoms with Gasteiger partial charge in [0.1, 0.15) is 12.0 Å². The maximum atomic E-state index is 5.48. The molecule has 2 N–H and O–H groups in total. The lowest BCUT2D eigenvalue weighted by molar-refractivity contribution is 0.353. The van der Waals surface area contributed by atoms with Crippen LogP contribution in [0.4, 0.5) is 5.95 Å². The molecule has 0 atom stereocenters. The van der Waals surface area contributed by atoms with E-state index in [4.69, 9.17) is 4.74 Å². The van der Waals surface area contributed by atoms with Crippen molar-refractivity contribution in [1.82, 2.24) is 20.2 Å². The van der Waals surface area contributed by atoms with Gasteiger partial charge in [-0.3, -0.25) is 5.10 Å². The highest BCUT2D eigenvalue weighted by molar-refractivity contribution is 5.80. The Balaban J connectivity index is 2.32. The van der Waals surface area contributed by atoms with Crippen molar-refractivity contribution in [2.24, 2.45) is 0 Å². The predicted octanol–water partition coefficient (Wildman–Crippen LogP) is 1.74. The second-order valence-electron chi connectivity index (χ2n) is 3.51. The van der Waals surface area contributed by atoms with Crippen molar-refractivity contribution < 1.29 is 4.74 Å². The number of fused-ring (bicyclic) bond motifs is 1. The maximum Gasteiger partial charge on any atom is 0.229 e. The summed E-state index contributed by atoms with van der Waals surface area (Å²) >= 11 is 0. The zero-order valence-corrected chi connectivity index (χ0v) is 9.73. The molecule has 0 aliphatic carbocycles. The number of rotatable bonds is 6. The first kappa shape index (κ1) is 11.4. The largest absolute Gasteiger partial charge is 0.473 e. The topological polar surface area (TPSA) is 75.7 Å². The molecule has 0 amide bonds. The first-order valence-corrected chi connectivity index (χ1v) is 5.53. The molecule has 2 aromatic rings. The van der Waals surface area contributed by atoms with Gasteiger partial charge in [0, 0.05) is 6.54 Å². The third kappa shape index (κ3) is 2.52. The molecule has 0 bridgehead atoms. The van der Waals surface area contributed by atoms with Gasteiger partial charge in [-0.25, -0.2) is 0 Å². The molecule has 0 aliphatic rings. The highest BCUT2D eigenvalue weighted by Crippen LogP contribution is 2.21. The van der Waals surface area contributed by atoms with Crippen LogP contribution in [0.15, 0.2) is 18.9 Å². The second kappa shape index (κ2) is 5.29. The Hall–Kier alpha value is -2.11. The third-order valence-corrected chi connectivity index (χ3v) is 2.15. The van der Waals surface area contributed by atoms with Gasteiger partial charge in [-0.2, -0.15) is 15.1 Å². The molecule has 90 valence electrons. The monoisotopic (exact) mass is 233 g/mol. The van der Waals surface area contributed by atoms with Crippen molar-refractivity contribution in [3.63, 3.8) is 0 Å². The summed E-state index contributed by atoms with van der Waals surface area (Å²) in [5.74, 6) is 1.06. The molecule has 0 saturated carbocycles. The summed E-state index contributed by atoms with van der Waals surface area (Å²) in [7, 11) is 0. The zero-order valence-electron chi connectivity index (χ0n) is 9.73. The molecule has 2 heterocycles. The minimum absolute atomic E-state index is 0.407. The number of anilines is 1. The molecule has 0 radical (unpaired) electrons.